The van der Waals surface area contributed by atoms with Crippen molar-refractivity contribution in [3.05, 3.63) is 131 Å². The molecule has 45 heavy (non-hydrogen) atoms. The molecule has 8 heteroatoms. The molecule has 0 spiro atoms. The topological polar surface area (TPSA) is 106 Å². The molecule has 0 heterocycles. The minimum absolute atomic E-state index is 0.106. The van der Waals surface area contributed by atoms with Crippen molar-refractivity contribution in [2.24, 2.45) is 0 Å². The number of methoxy groups -OCH3 is 2. The molecule has 0 fully saturated rings. The summed E-state index contributed by atoms with van der Waals surface area (Å²) >= 11 is 0. The summed E-state index contributed by atoms with van der Waals surface area (Å²) in [6.07, 6.45) is 2.79. The van der Waals surface area contributed by atoms with Crippen LogP contribution in [-0.4, -0.2) is 57.4 Å². The van der Waals surface area contributed by atoms with E-state index in [0.29, 0.717) is 43.7 Å². The molecule has 3 N–H and O–H groups in total. The van der Waals surface area contributed by atoms with Gasteiger partial charge in [-0.2, -0.15) is 0 Å². The number of nitrogens with one attached hydrogen (secondary N) is 2. The quantitative estimate of drug-likeness (QED) is 0.104. The first kappa shape index (κ1) is 33.2. The van der Waals surface area contributed by atoms with Crippen molar-refractivity contribution in [1.82, 2.24) is 10.6 Å². The van der Waals surface area contributed by atoms with Crippen LogP contribution in [0.4, 0.5) is 0 Å². The van der Waals surface area contributed by atoms with E-state index in [1.165, 1.54) is 0 Å². The largest absolute Gasteiger partial charge is 0.497 e. The second kappa shape index (κ2) is 17.0. The van der Waals surface area contributed by atoms with Gasteiger partial charge in [0.25, 0.3) is 11.8 Å². The van der Waals surface area contributed by atoms with Crippen molar-refractivity contribution in [3.63, 3.8) is 0 Å². The molecule has 0 radical (unpaired) electrons. The van der Waals surface area contributed by atoms with Crippen LogP contribution in [0, 0.1) is 0 Å². The molecule has 8 nitrogen and oxygen atoms in total. The lowest BCUT2D eigenvalue weighted by molar-refractivity contribution is 0.0108. The Balaban J connectivity index is 1.39. The van der Waals surface area contributed by atoms with Gasteiger partial charge < -0.3 is 30.0 Å². The third-order valence-corrected chi connectivity index (χ3v) is 7.63. The van der Waals surface area contributed by atoms with E-state index >= 15 is 0 Å². The number of carbonyl (C=O) groups is 2. The number of rotatable bonds is 17. The summed E-state index contributed by atoms with van der Waals surface area (Å²) in [5.41, 5.74) is 3.03. The van der Waals surface area contributed by atoms with Crippen LogP contribution in [0.15, 0.2) is 103 Å². The number of benzene rings is 4. The molecule has 4 aromatic rings. The minimum atomic E-state index is -0.879. The highest BCUT2D eigenvalue weighted by molar-refractivity contribution is 5.97. The lowest BCUT2D eigenvalue weighted by atomic mass is 9.80. The molecule has 0 saturated carbocycles. The second-order valence-electron chi connectivity index (χ2n) is 10.6. The van der Waals surface area contributed by atoms with E-state index in [1.54, 1.807) is 38.5 Å². The molecule has 0 bridgehead atoms. The van der Waals surface area contributed by atoms with E-state index in [2.05, 4.69) is 22.8 Å². The molecule has 0 aliphatic heterocycles. The van der Waals surface area contributed by atoms with Crippen LogP contribution in [0.3, 0.4) is 0 Å². The number of amides is 2. The zero-order valence-electron chi connectivity index (χ0n) is 26.0. The van der Waals surface area contributed by atoms with Gasteiger partial charge in [0.2, 0.25) is 0 Å². The Morgan fingerprint density at radius 1 is 0.600 bits per heavy atom. The highest BCUT2D eigenvalue weighted by atomic mass is 16.5. The van der Waals surface area contributed by atoms with E-state index in [-0.39, 0.29) is 18.4 Å². The second-order valence-corrected chi connectivity index (χ2v) is 10.6. The Kier molecular flexibility index (Phi) is 12.5. The first-order chi connectivity index (χ1) is 22.0. The van der Waals surface area contributed by atoms with Crippen LogP contribution >= 0.6 is 0 Å². The molecule has 4 rings (SSSR count). The van der Waals surface area contributed by atoms with Crippen molar-refractivity contribution >= 4 is 11.8 Å². The summed E-state index contributed by atoms with van der Waals surface area (Å²) in [6, 6.07) is 32.6. The molecule has 4 aromatic carbocycles. The average molecular weight is 611 g/mol. The van der Waals surface area contributed by atoms with Gasteiger partial charge in [-0.1, -0.05) is 54.6 Å². The first-order valence-electron chi connectivity index (χ1n) is 15.3. The Bertz CT molecular complexity index is 1430. The van der Waals surface area contributed by atoms with Gasteiger partial charge in [0.15, 0.2) is 0 Å². The smallest absolute Gasteiger partial charge is 0.251 e. The third kappa shape index (κ3) is 8.71. The molecule has 236 valence electrons. The zero-order chi connectivity index (χ0) is 31.9. The van der Waals surface area contributed by atoms with Gasteiger partial charge in [-0.25, -0.2) is 0 Å². The Morgan fingerprint density at radius 2 is 1.04 bits per heavy atom. The fraction of sp³-hybridized carbons (Fsp3) is 0.297. The average Bonchev–Trinajstić information content (AvgIpc) is 3.10. The summed E-state index contributed by atoms with van der Waals surface area (Å²) in [4.78, 5) is 25.0. The standard InChI is InChI=1S/C37H42N2O6/c1-43-33-20-16-31(17-21-33)37(30-10-4-3-5-11-30,32-18-22-34(44-2)23-19-32)45-27-9-7-25-39-36(42)29-14-12-28(13-15-29)35(41)38-24-6-8-26-40/h3-5,10-23,40H,6-9,24-27H2,1-2H3,(H,38,41)(H,39,42). The van der Waals surface area contributed by atoms with Gasteiger partial charge in [-0.3, -0.25) is 9.59 Å². The molecular formula is C37H42N2O6. The molecule has 0 saturated heterocycles. The predicted molar refractivity (Wildman–Crippen MR) is 175 cm³/mol. The fourth-order valence-corrected chi connectivity index (χ4v) is 5.14. The highest BCUT2D eigenvalue weighted by Crippen LogP contribution is 2.41. The van der Waals surface area contributed by atoms with Gasteiger partial charge in [-0.05, 0) is 90.9 Å². The first-order valence-corrected chi connectivity index (χ1v) is 15.3. The number of hydrogen-bond donors (Lipinski definition) is 3. The number of unbranched alkanes of at least 4 members (excludes halogenated alkanes) is 2. The van der Waals surface area contributed by atoms with Crippen molar-refractivity contribution in [1.29, 1.82) is 0 Å². The third-order valence-electron chi connectivity index (χ3n) is 7.63. The van der Waals surface area contributed by atoms with Gasteiger partial charge in [-0.15, -0.1) is 0 Å². The molecule has 0 aliphatic rings. The molecule has 0 unspecified atom stereocenters. The van der Waals surface area contributed by atoms with Crippen LogP contribution in [0.25, 0.3) is 0 Å². The maximum atomic E-state index is 12.7. The Labute approximate surface area is 265 Å². The number of hydrogen-bond acceptors (Lipinski definition) is 6. The van der Waals surface area contributed by atoms with Gasteiger partial charge in [0, 0.05) is 37.4 Å². The minimum Gasteiger partial charge on any atom is -0.497 e. The summed E-state index contributed by atoms with van der Waals surface area (Å²) in [5, 5.41) is 14.6. The van der Waals surface area contributed by atoms with Gasteiger partial charge in [0.1, 0.15) is 17.1 Å². The van der Waals surface area contributed by atoms with Crippen molar-refractivity contribution in [2.75, 3.05) is 40.5 Å². The van der Waals surface area contributed by atoms with Crippen LogP contribution < -0.4 is 20.1 Å². The SMILES string of the molecule is COc1ccc(C(OCCCCNC(=O)c2ccc(C(=O)NCCCCO)cc2)(c2ccccc2)c2ccc(OC)cc2)cc1. The van der Waals surface area contributed by atoms with Crippen LogP contribution in [0.5, 0.6) is 11.5 Å². The summed E-state index contributed by atoms with van der Waals surface area (Å²) < 4.78 is 17.7. The number of ether oxygens (including phenoxy) is 3. The zero-order valence-corrected chi connectivity index (χ0v) is 26.0. The lowest BCUT2D eigenvalue weighted by Crippen LogP contribution is -2.33. The van der Waals surface area contributed by atoms with Crippen LogP contribution in [0.1, 0.15) is 63.1 Å². The van der Waals surface area contributed by atoms with Gasteiger partial charge >= 0.3 is 0 Å². The summed E-state index contributed by atoms with van der Waals surface area (Å²) in [6.45, 7) is 1.54. The number of aliphatic hydroxyl groups is 1. The predicted octanol–water partition coefficient (Wildman–Crippen LogP) is 5.72. The molecule has 0 atom stereocenters. The normalized spacial score (nSPS) is 11.1. The fourth-order valence-electron chi connectivity index (χ4n) is 5.14. The Hall–Kier alpha value is -4.66. The van der Waals surface area contributed by atoms with Crippen molar-refractivity contribution in [2.45, 2.75) is 31.3 Å². The van der Waals surface area contributed by atoms with Gasteiger partial charge in [0.05, 0.1) is 14.2 Å². The van der Waals surface area contributed by atoms with E-state index in [0.717, 1.165) is 41.0 Å². The number of carbonyl (C=O) groups excluding carboxylic acids is 2. The van der Waals surface area contributed by atoms with Crippen molar-refractivity contribution in [3.8, 4) is 11.5 Å². The van der Waals surface area contributed by atoms with E-state index in [4.69, 9.17) is 19.3 Å². The maximum absolute atomic E-state index is 12.7. The monoisotopic (exact) mass is 610 g/mol. The summed E-state index contributed by atoms with van der Waals surface area (Å²) in [7, 11) is 3.30. The summed E-state index contributed by atoms with van der Waals surface area (Å²) in [5.74, 6) is 1.13. The molecule has 0 aromatic heterocycles. The highest BCUT2D eigenvalue weighted by Gasteiger charge is 2.37. The van der Waals surface area contributed by atoms with E-state index in [1.807, 2.05) is 66.7 Å². The molecular weight excluding hydrogens is 568 g/mol. The molecule has 2 amide bonds. The van der Waals surface area contributed by atoms with Crippen molar-refractivity contribution < 1.29 is 28.9 Å². The molecule has 0 aliphatic carbocycles. The number of aliphatic hydroxyl groups excluding tert-OH is 1. The van der Waals surface area contributed by atoms with Crippen LogP contribution in [0.2, 0.25) is 0 Å². The van der Waals surface area contributed by atoms with E-state index < -0.39 is 5.60 Å². The maximum Gasteiger partial charge on any atom is 0.251 e. The van der Waals surface area contributed by atoms with E-state index in [9.17, 15) is 9.59 Å². The lowest BCUT2D eigenvalue weighted by Gasteiger charge is -2.36. The Morgan fingerprint density at radius 3 is 1.49 bits per heavy atom. The van der Waals surface area contributed by atoms with Crippen LogP contribution in [-0.2, 0) is 10.3 Å².